The van der Waals surface area contributed by atoms with Gasteiger partial charge in [-0.25, -0.2) is 4.68 Å². The topological polar surface area (TPSA) is 72.7 Å². The first-order valence-corrected chi connectivity index (χ1v) is 9.53. The number of anilines is 1. The van der Waals surface area contributed by atoms with Crippen molar-refractivity contribution in [2.75, 3.05) is 11.1 Å². The molecule has 1 aliphatic rings. The number of benzene rings is 1. The van der Waals surface area contributed by atoms with Crippen LogP contribution in [0.5, 0.6) is 0 Å². The standard InChI is InChI=1S/C15H17Cl2N5OS/c16-10-6-7-12(17)13(8-10)18-14(23)9-24-15-19-20-21-22(15)11-4-2-1-3-5-11/h6-8,11H,1-5,9H2,(H,18,23). The van der Waals surface area contributed by atoms with E-state index in [1.165, 1.54) is 31.0 Å². The molecular formula is C15H17Cl2N5OS. The molecule has 6 nitrogen and oxygen atoms in total. The fraction of sp³-hybridized carbons (Fsp3) is 0.467. The lowest BCUT2D eigenvalue weighted by molar-refractivity contribution is -0.113. The summed E-state index contributed by atoms with van der Waals surface area (Å²) in [5, 5.41) is 16.3. The number of rotatable bonds is 5. The second kappa shape index (κ2) is 8.18. The molecule has 128 valence electrons. The monoisotopic (exact) mass is 385 g/mol. The largest absolute Gasteiger partial charge is 0.324 e. The number of aromatic nitrogens is 4. The predicted molar refractivity (Wildman–Crippen MR) is 95.8 cm³/mol. The van der Waals surface area contributed by atoms with Gasteiger partial charge < -0.3 is 5.32 Å². The van der Waals surface area contributed by atoms with Crippen LogP contribution in [-0.4, -0.2) is 31.9 Å². The van der Waals surface area contributed by atoms with Crippen molar-refractivity contribution in [1.29, 1.82) is 0 Å². The number of amides is 1. The van der Waals surface area contributed by atoms with Gasteiger partial charge >= 0.3 is 0 Å². The SMILES string of the molecule is O=C(CSc1nnnn1C1CCCCC1)Nc1cc(Cl)ccc1Cl. The van der Waals surface area contributed by atoms with E-state index in [0.717, 1.165) is 12.8 Å². The lowest BCUT2D eigenvalue weighted by Gasteiger charge is -2.21. The molecule has 0 aliphatic heterocycles. The van der Waals surface area contributed by atoms with Crippen LogP contribution in [0, 0.1) is 0 Å². The van der Waals surface area contributed by atoms with Crippen LogP contribution < -0.4 is 5.32 Å². The summed E-state index contributed by atoms with van der Waals surface area (Å²) < 4.78 is 1.85. The molecule has 1 fully saturated rings. The summed E-state index contributed by atoms with van der Waals surface area (Å²) in [5.74, 6) is 0.0259. The van der Waals surface area contributed by atoms with Crippen molar-refractivity contribution < 1.29 is 4.79 Å². The van der Waals surface area contributed by atoms with Crippen LogP contribution >= 0.6 is 35.0 Å². The number of thioether (sulfide) groups is 1. The summed E-state index contributed by atoms with van der Waals surface area (Å²) in [7, 11) is 0. The average molecular weight is 386 g/mol. The van der Waals surface area contributed by atoms with E-state index in [1.54, 1.807) is 18.2 Å². The zero-order valence-electron chi connectivity index (χ0n) is 12.9. The van der Waals surface area contributed by atoms with Crippen molar-refractivity contribution in [1.82, 2.24) is 20.2 Å². The summed E-state index contributed by atoms with van der Waals surface area (Å²) in [6.07, 6.45) is 5.83. The fourth-order valence-corrected chi connectivity index (χ4v) is 3.83. The van der Waals surface area contributed by atoms with Crippen molar-refractivity contribution >= 4 is 46.6 Å². The van der Waals surface area contributed by atoms with Gasteiger partial charge in [0.2, 0.25) is 11.1 Å². The minimum atomic E-state index is -0.178. The van der Waals surface area contributed by atoms with E-state index in [2.05, 4.69) is 20.8 Å². The van der Waals surface area contributed by atoms with E-state index in [4.69, 9.17) is 23.2 Å². The molecular weight excluding hydrogens is 369 g/mol. The number of carbonyl (C=O) groups excluding carboxylic acids is 1. The molecule has 0 spiro atoms. The smallest absolute Gasteiger partial charge is 0.234 e. The molecule has 1 N–H and O–H groups in total. The number of hydrogen-bond donors (Lipinski definition) is 1. The molecule has 1 aromatic heterocycles. The van der Waals surface area contributed by atoms with Gasteiger partial charge in [0, 0.05) is 5.02 Å². The Morgan fingerprint density at radius 1 is 1.29 bits per heavy atom. The van der Waals surface area contributed by atoms with Gasteiger partial charge in [-0.1, -0.05) is 54.2 Å². The highest BCUT2D eigenvalue weighted by Gasteiger charge is 2.20. The Kier molecular flexibility index (Phi) is 5.97. The minimum Gasteiger partial charge on any atom is -0.324 e. The molecule has 1 heterocycles. The number of tetrazole rings is 1. The normalized spacial score (nSPS) is 15.4. The molecule has 0 radical (unpaired) electrons. The van der Waals surface area contributed by atoms with Gasteiger partial charge in [-0.2, -0.15) is 0 Å². The van der Waals surface area contributed by atoms with Crippen molar-refractivity contribution in [2.45, 2.75) is 43.3 Å². The van der Waals surface area contributed by atoms with E-state index < -0.39 is 0 Å². The highest BCUT2D eigenvalue weighted by atomic mass is 35.5. The van der Waals surface area contributed by atoms with Gasteiger partial charge in [0.1, 0.15) is 0 Å². The fourth-order valence-electron chi connectivity index (χ4n) is 2.74. The molecule has 3 rings (SSSR count). The zero-order valence-corrected chi connectivity index (χ0v) is 15.2. The predicted octanol–water partition coefficient (Wildman–Crippen LogP) is 4.22. The Morgan fingerprint density at radius 2 is 2.08 bits per heavy atom. The Balaban J connectivity index is 1.59. The molecule has 2 aromatic rings. The van der Waals surface area contributed by atoms with Gasteiger partial charge in [0.15, 0.2) is 0 Å². The third-order valence-corrected chi connectivity index (χ3v) is 5.42. The number of hydrogen-bond acceptors (Lipinski definition) is 5. The van der Waals surface area contributed by atoms with E-state index in [9.17, 15) is 4.79 Å². The lowest BCUT2D eigenvalue weighted by Crippen LogP contribution is -2.17. The van der Waals surface area contributed by atoms with Gasteiger partial charge in [-0.3, -0.25) is 4.79 Å². The zero-order chi connectivity index (χ0) is 16.9. The van der Waals surface area contributed by atoms with Crippen LogP contribution in [0.15, 0.2) is 23.4 Å². The summed E-state index contributed by atoms with van der Waals surface area (Å²) >= 11 is 13.3. The van der Waals surface area contributed by atoms with Crippen molar-refractivity contribution in [2.24, 2.45) is 0 Å². The van der Waals surface area contributed by atoms with Crippen LogP contribution in [0.25, 0.3) is 0 Å². The highest BCUT2D eigenvalue weighted by molar-refractivity contribution is 7.99. The summed E-state index contributed by atoms with van der Waals surface area (Å²) in [6, 6.07) is 5.28. The molecule has 0 bridgehead atoms. The second-order valence-corrected chi connectivity index (χ2v) is 7.45. The Hall–Kier alpha value is -1.31. The number of nitrogens with zero attached hydrogens (tertiary/aromatic N) is 4. The van der Waals surface area contributed by atoms with Crippen molar-refractivity contribution in [3.8, 4) is 0 Å². The van der Waals surface area contributed by atoms with Gasteiger partial charge in [0.05, 0.1) is 22.5 Å². The number of nitrogens with one attached hydrogen (secondary N) is 1. The first-order valence-electron chi connectivity index (χ1n) is 7.79. The average Bonchev–Trinajstić information content (AvgIpc) is 3.06. The molecule has 0 unspecified atom stereocenters. The Bertz CT molecular complexity index is 718. The van der Waals surface area contributed by atoms with Crippen LogP contribution in [0.4, 0.5) is 5.69 Å². The quantitative estimate of drug-likeness (QED) is 0.779. The minimum absolute atomic E-state index is 0.178. The lowest BCUT2D eigenvalue weighted by atomic mass is 9.96. The van der Waals surface area contributed by atoms with Crippen LogP contribution in [-0.2, 0) is 4.79 Å². The van der Waals surface area contributed by atoms with E-state index >= 15 is 0 Å². The molecule has 1 amide bonds. The maximum absolute atomic E-state index is 12.1. The second-order valence-electron chi connectivity index (χ2n) is 5.66. The molecule has 0 saturated heterocycles. The van der Waals surface area contributed by atoms with Crippen molar-refractivity contribution in [3.05, 3.63) is 28.2 Å². The third-order valence-electron chi connectivity index (χ3n) is 3.92. The maximum atomic E-state index is 12.1. The highest BCUT2D eigenvalue weighted by Crippen LogP contribution is 2.30. The Morgan fingerprint density at radius 3 is 2.88 bits per heavy atom. The molecule has 1 saturated carbocycles. The van der Waals surface area contributed by atoms with Gasteiger partial charge in [0.25, 0.3) is 0 Å². The third kappa shape index (κ3) is 4.40. The Labute approximate surface area is 154 Å². The first kappa shape index (κ1) is 17.5. The molecule has 1 aromatic carbocycles. The molecule has 1 aliphatic carbocycles. The van der Waals surface area contributed by atoms with E-state index in [0.29, 0.717) is 26.9 Å². The summed E-state index contributed by atoms with van der Waals surface area (Å²) in [4.78, 5) is 12.1. The number of halogens is 2. The van der Waals surface area contributed by atoms with Crippen LogP contribution in [0.2, 0.25) is 10.0 Å². The first-order chi connectivity index (χ1) is 11.6. The number of carbonyl (C=O) groups is 1. The van der Waals surface area contributed by atoms with Crippen LogP contribution in [0.1, 0.15) is 38.1 Å². The van der Waals surface area contributed by atoms with Crippen molar-refractivity contribution in [3.63, 3.8) is 0 Å². The van der Waals surface area contributed by atoms with Crippen LogP contribution in [0.3, 0.4) is 0 Å². The molecule has 9 heteroatoms. The van der Waals surface area contributed by atoms with Gasteiger partial charge in [-0.15, -0.1) is 5.10 Å². The summed E-state index contributed by atoms with van der Waals surface area (Å²) in [6.45, 7) is 0. The molecule has 24 heavy (non-hydrogen) atoms. The van der Waals surface area contributed by atoms with E-state index in [1.807, 2.05) is 4.68 Å². The maximum Gasteiger partial charge on any atom is 0.234 e. The van der Waals surface area contributed by atoms with E-state index in [-0.39, 0.29) is 11.7 Å². The molecule has 0 atom stereocenters. The van der Waals surface area contributed by atoms with Gasteiger partial charge in [-0.05, 0) is 41.5 Å². The summed E-state index contributed by atoms with van der Waals surface area (Å²) in [5.41, 5.74) is 0.502.